The number of rotatable bonds is 5. The number of pyridine rings is 1. The molecule has 0 N–H and O–H groups in total. The van der Waals surface area contributed by atoms with Gasteiger partial charge in [-0.3, -0.25) is 19.0 Å². The molecule has 0 atom stereocenters. The van der Waals surface area contributed by atoms with Crippen LogP contribution < -0.4 is 5.56 Å². The fourth-order valence-electron chi connectivity index (χ4n) is 3.49. The van der Waals surface area contributed by atoms with Gasteiger partial charge in [0.05, 0.1) is 5.92 Å². The second-order valence-electron chi connectivity index (χ2n) is 6.43. The summed E-state index contributed by atoms with van der Waals surface area (Å²) in [6.07, 6.45) is 4.52. The number of ketones is 2. The second-order valence-corrected chi connectivity index (χ2v) is 7.20. The Hall–Kier alpha value is -2.80. The second kappa shape index (κ2) is 7.08. The first-order valence-electron chi connectivity index (χ1n) is 8.68. The molecular weight excluding hydrogens is 362 g/mol. The van der Waals surface area contributed by atoms with Crippen LogP contribution in [-0.4, -0.2) is 32.4 Å². The summed E-state index contributed by atoms with van der Waals surface area (Å²) in [4.78, 5) is 46.0. The lowest BCUT2D eigenvalue weighted by Crippen LogP contribution is -2.22. The number of benzene rings is 1. The van der Waals surface area contributed by atoms with Crippen molar-refractivity contribution >= 4 is 34.4 Å². The minimum Gasteiger partial charge on any atom is -0.293 e. The van der Waals surface area contributed by atoms with Gasteiger partial charge < -0.3 is 0 Å². The van der Waals surface area contributed by atoms with Crippen LogP contribution in [0.15, 0.2) is 52.5 Å². The molecule has 0 spiro atoms. The van der Waals surface area contributed by atoms with E-state index in [4.69, 9.17) is 0 Å². The van der Waals surface area contributed by atoms with Crippen molar-refractivity contribution in [1.29, 1.82) is 0 Å². The molecule has 0 saturated carbocycles. The average molecular weight is 379 g/mol. The number of hydrogen-bond acceptors (Lipinski definition) is 6. The maximum absolute atomic E-state index is 12.5. The standard InChI is InChI=1S/C20H17N3O3S/c1-27-20-21-11-12-8-9-16(24)23(19(12)22-20)10-4-7-15-17(25)13-5-2-3-6-14(13)18(15)26/h2-3,5-6,8-9,11,15H,4,7,10H2,1H3. The van der Waals surface area contributed by atoms with Gasteiger partial charge in [0.25, 0.3) is 5.56 Å². The highest BCUT2D eigenvalue weighted by atomic mass is 32.2. The lowest BCUT2D eigenvalue weighted by Gasteiger charge is -2.11. The number of thioether (sulfide) groups is 1. The number of Topliss-reactive ketones (excluding diaryl/α,β-unsaturated/α-hetero) is 2. The molecule has 0 unspecified atom stereocenters. The number of hydrogen-bond donors (Lipinski definition) is 0. The van der Waals surface area contributed by atoms with E-state index in [2.05, 4.69) is 9.97 Å². The van der Waals surface area contributed by atoms with Crippen LogP contribution in [0.4, 0.5) is 0 Å². The fraction of sp³-hybridized carbons (Fsp3) is 0.250. The van der Waals surface area contributed by atoms with Crippen molar-refractivity contribution in [3.05, 3.63) is 64.1 Å². The minimum atomic E-state index is -0.649. The third-order valence-electron chi connectivity index (χ3n) is 4.85. The Labute approximate surface area is 159 Å². The molecule has 1 aliphatic carbocycles. The van der Waals surface area contributed by atoms with Crippen LogP contribution in [0.3, 0.4) is 0 Å². The van der Waals surface area contributed by atoms with Crippen LogP contribution in [0.2, 0.25) is 0 Å². The topological polar surface area (TPSA) is 81.9 Å². The van der Waals surface area contributed by atoms with Gasteiger partial charge >= 0.3 is 0 Å². The van der Waals surface area contributed by atoms with Gasteiger partial charge in [0.2, 0.25) is 0 Å². The first kappa shape index (κ1) is 17.6. The molecule has 136 valence electrons. The van der Waals surface area contributed by atoms with Crippen LogP contribution in [0, 0.1) is 5.92 Å². The molecule has 0 bridgehead atoms. The summed E-state index contributed by atoms with van der Waals surface area (Å²) < 4.78 is 1.59. The monoisotopic (exact) mass is 379 g/mol. The summed E-state index contributed by atoms with van der Waals surface area (Å²) in [6, 6.07) is 10.1. The molecular formula is C20H17N3O3S. The Morgan fingerprint density at radius 3 is 2.41 bits per heavy atom. The molecule has 7 heteroatoms. The maximum Gasteiger partial charge on any atom is 0.252 e. The zero-order valence-corrected chi connectivity index (χ0v) is 15.5. The van der Waals surface area contributed by atoms with Gasteiger partial charge in [-0.25, -0.2) is 9.97 Å². The van der Waals surface area contributed by atoms with Gasteiger partial charge in [-0.05, 0) is 25.2 Å². The highest BCUT2D eigenvalue weighted by Gasteiger charge is 2.37. The van der Waals surface area contributed by atoms with Crippen LogP contribution in [0.5, 0.6) is 0 Å². The number of carbonyl (C=O) groups excluding carboxylic acids is 2. The third kappa shape index (κ3) is 3.08. The van der Waals surface area contributed by atoms with Crippen molar-refractivity contribution in [2.75, 3.05) is 6.26 Å². The predicted octanol–water partition coefficient (Wildman–Crippen LogP) is 2.99. The van der Waals surface area contributed by atoms with Crippen LogP contribution in [-0.2, 0) is 6.54 Å². The van der Waals surface area contributed by atoms with Crippen LogP contribution >= 0.6 is 11.8 Å². The van der Waals surface area contributed by atoms with Crippen molar-refractivity contribution < 1.29 is 9.59 Å². The molecule has 0 saturated heterocycles. The first-order valence-corrected chi connectivity index (χ1v) is 9.90. The van der Waals surface area contributed by atoms with E-state index in [0.717, 1.165) is 5.39 Å². The third-order valence-corrected chi connectivity index (χ3v) is 5.41. The quantitative estimate of drug-likeness (QED) is 0.385. The van der Waals surface area contributed by atoms with Gasteiger partial charge in [-0.15, -0.1) is 0 Å². The highest BCUT2D eigenvalue weighted by molar-refractivity contribution is 7.98. The number of nitrogens with zero attached hydrogens (tertiary/aromatic N) is 3. The Balaban J connectivity index is 1.55. The Bertz CT molecular complexity index is 1090. The smallest absolute Gasteiger partial charge is 0.252 e. The van der Waals surface area contributed by atoms with Gasteiger partial charge in [-0.2, -0.15) is 0 Å². The molecule has 27 heavy (non-hydrogen) atoms. The summed E-state index contributed by atoms with van der Waals surface area (Å²) in [7, 11) is 0. The van der Waals surface area contributed by atoms with Crippen LogP contribution in [0.1, 0.15) is 33.6 Å². The van der Waals surface area contributed by atoms with Crippen molar-refractivity contribution in [2.45, 2.75) is 24.5 Å². The SMILES string of the molecule is CSc1ncc2ccc(=O)n(CCCC3C(=O)c4ccccc4C3=O)c2n1. The van der Waals surface area contributed by atoms with E-state index in [1.165, 1.54) is 17.8 Å². The maximum atomic E-state index is 12.5. The van der Waals surface area contributed by atoms with E-state index in [1.54, 1.807) is 41.1 Å². The van der Waals surface area contributed by atoms with E-state index < -0.39 is 5.92 Å². The van der Waals surface area contributed by atoms with E-state index in [-0.39, 0.29) is 17.1 Å². The summed E-state index contributed by atoms with van der Waals surface area (Å²) in [5.41, 5.74) is 1.44. The molecule has 3 aromatic rings. The van der Waals surface area contributed by atoms with Gasteiger partial charge in [0.1, 0.15) is 5.65 Å². The van der Waals surface area contributed by atoms with E-state index >= 15 is 0 Å². The number of aryl methyl sites for hydroxylation is 1. The number of aromatic nitrogens is 3. The van der Waals surface area contributed by atoms with E-state index in [9.17, 15) is 14.4 Å². The molecule has 1 aliphatic rings. The van der Waals surface area contributed by atoms with Crippen molar-refractivity contribution in [3.63, 3.8) is 0 Å². The number of fused-ring (bicyclic) bond motifs is 2. The molecule has 4 rings (SSSR count). The largest absolute Gasteiger partial charge is 0.293 e. The van der Waals surface area contributed by atoms with E-state index in [1.807, 2.05) is 6.26 Å². The van der Waals surface area contributed by atoms with Gasteiger partial charge in [0.15, 0.2) is 16.7 Å². The minimum absolute atomic E-state index is 0.118. The molecule has 0 aliphatic heterocycles. The van der Waals surface area contributed by atoms with Gasteiger partial charge in [0, 0.05) is 35.3 Å². The van der Waals surface area contributed by atoms with Crippen molar-refractivity contribution in [1.82, 2.24) is 14.5 Å². The Morgan fingerprint density at radius 2 is 1.74 bits per heavy atom. The molecule has 6 nitrogen and oxygen atoms in total. The molecule has 0 fully saturated rings. The van der Waals surface area contributed by atoms with Crippen molar-refractivity contribution in [3.8, 4) is 0 Å². The zero-order valence-electron chi connectivity index (χ0n) is 14.7. The Kier molecular flexibility index (Phi) is 4.61. The van der Waals surface area contributed by atoms with E-state index in [0.29, 0.717) is 41.3 Å². The highest BCUT2D eigenvalue weighted by Crippen LogP contribution is 2.29. The average Bonchev–Trinajstić information content (AvgIpc) is 2.94. The molecule has 2 aromatic heterocycles. The molecule has 1 aromatic carbocycles. The molecule has 0 amide bonds. The van der Waals surface area contributed by atoms with Crippen LogP contribution in [0.25, 0.3) is 11.0 Å². The fourth-order valence-corrected chi connectivity index (χ4v) is 3.83. The lowest BCUT2D eigenvalue weighted by molar-refractivity contribution is 0.0828. The lowest BCUT2D eigenvalue weighted by atomic mass is 9.98. The first-order chi connectivity index (χ1) is 13.1. The summed E-state index contributed by atoms with van der Waals surface area (Å²) in [5.74, 6) is -0.884. The normalized spacial score (nSPS) is 14.1. The molecule has 2 heterocycles. The zero-order chi connectivity index (χ0) is 19.0. The summed E-state index contributed by atoms with van der Waals surface area (Å²) in [6.45, 7) is 0.397. The molecule has 0 radical (unpaired) electrons. The van der Waals surface area contributed by atoms with Gasteiger partial charge in [-0.1, -0.05) is 36.0 Å². The Morgan fingerprint density at radius 1 is 1.04 bits per heavy atom. The summed E-state index contributed by atoms with van der Waals surface area (Å²) in [5, 5.41) is 1.38. The number of carbonyl (C=O) groups is 2. The van der Waals surface area contributed by atoms with Crippen molar-refractivity contribution in [2.24, 2.45) is 5.92 Å². The predicted molar refractivity (Wildman–Crippen MR) is 103 cm³/mol. The summed E-state index contributed by atoms with van der Waals surface area (Å²) >= 11 is 1.41.